The Hall–Kier alpha value is -3.98. The number of carbonyl (C=O) groups excluding carboxylic acids is 1. The van der Waals surface area contributed by atoms with E-state index in [2.05, 4.69) is 27.6 Å². The summed E-state index contributed by atoms with van der Waals surface area (Å²) in [6.45, 7) is 0. The first-order valence-corrected chi connectivity index (χ1v) is 13.3. The van der Waals surface area contributed by atoms with E-state index in [1.165, 1.54) is 23.9 Å². The zero-order valence-electron chi connectivity index (χ0n) is 20.2. The van der Waals surface area contributed by atoms with Crippen LogP contribution in [0.3, 0.4) is 0 Å². The van der Waals surface area contributed by atoms with Crippen LogP contribution in [0.15, 0.2) is 90.1 Å². The molecule has 0 saturated heterocycles. The van der Waals surface area contributed by atoms with Crippen molar-refractivity contribution in [2.45, 2.75) is 42.6 Å². The molecule has 1 N–H and O–H groups in total. The van der Waals surface area contributed by atoms with Crippen molar-refractivity contribution < 1.29 is 9.72 Å². The van der Waals surface area contributed by atoms with Crippen molar-refractivity contribution in [2.24, 2.45) is 5.92 Å². The first kappa shape index (κ1) is 24.7. The molecule has 1 atom stereocenters. The number of hydrogen-bond acceptors (Lipinski definition) is 6. The molecule has 0 spiro atoms. The van der Waals surface area contributed by atoms with Crippen molar-refractivity contribution in [3.8, 4) is 5.69 Å². The van der Waals surface area contributed by atoms with E-state index in [4.69, 9.17) is 0 Å². The molecule has 188 valence electrons. The van der Waals surface area contributed by atoms with Gasteiger partial charge in [0.15, 0.2) is 11.0 Å². The maximum absolute atomic E-state index is 13.0. The molecule has 1 aliphatic rings. The van der Waals surface area contributed by atoms with Crippen LogP contribution in [0.1, 0.15) is 42.3 Å². The molecule has 0 radical (unpaired) electrons. The van der Waals surface area contributed by atoms with Crippen molar-refractivity contribution in [1.29, 1.82) is 0 Å². The van der Waals surface area contributed by atoms with Crippen molar-refractivity contribution in [1.82, 2.24) is 20.1 Å². The summed E-state index contributed by atoms with van der Waals surface area (Å²) in [4.78, 5) is 23.9. The molecule has 0 aliphatic heterocycles. The Morgan fingerprint density at radius 1 is 0.973 bits per heavy atom. The number of nitro benzene ring substituents is 1. The third kappa shape index (κ3) is 5.89. The Kier molecular flexibility index (Phi) is 7.60. The quantitative estimate of drug-likeness (QED) is 0.167. The van der Waals surface area contributed by atoms with Gasteiger partial charge in [0.2, 0.25) is 5.91 Å². The van der Waals surface area contributed by atoms with Crippen LogP contribution in [-0.2, 0) is 17.0 Å². The molecular formula is C28H27N5O3S. The summed E-state index contributed by atoms with van der Waals surface area (Å²) in [5, 5.41) is 24.2. The van der Waals surface area contributed by atoms with Gasteiger partial charge in [0, 0.05) is 29.5 Å². The number of nitrogens with one attached hydrogen (secondary N) is 1. The fraction of sp³-hybridized carbons (Fsp3) is 0.250. The molecule has 1 unspecified atom stereocenters. The molecule has 0 bridgehead atoms. The Morgan fingerprint density at radius 2 is 1.62 bits per heavy atom. The molecule has 1 heterocycles. The highest BCUT2D eigenvalue weighted by atomic mass is 32.2. The van der Waals surface area contributed by atoms with Crippen LogP contribution in [-0.4, -0.2) is 25.6 Å². The van der Waals surface area contributed by atoms with E-state index in [0.29, 0.717) is 28.8 Å². The second kappa shape index (κ2) is 11.4. The molecule has 37 heavy (non-hydrogen) atoms. The first-order chi connectivity index (χ1) is 18.1. The lowest BCUT2D eigenvalue weighted by Crippen LogP contribution is -2.38. The maximum atomic E-state index is 13.0. The number of benzene rings is 3. The second-order valence-corrected chi connectivity index (χ2v) is 10.0. The van der Waals surface area contributed by atoms with Gasteiger partial charge in [-0.2, -0.15) is 0 Å². The van der Waals surface area contributed by atoms with Crippen molar-refractivity contribution in [2.75, 3.05) is 0 Å². The normalized spacial score (nSPS) is 14.1. The minimum Gasteiger partial charge on any atom is -0.345 e. The van der Waals surface area contributed by atoms with Gasteiger partial charge in [-0.1, -0.05) is 78.8 Å². The van der Waals surface area contributed by atoms with E-state index in [9.17, 15) is 14.9 Å². The van der Waals surface area contributed by atoms with Gasteiger partial charge in [-0.15, -0.1) is 10.2 Å². The second-order valence-electron chi connectivity index (χ2n) is 9.10. The summed E-state index contributed by atoms with van der Waals surface area (Å²) in [6.07, 6.45) is 3.42. The molecule has 9 heteroatoms. The maximum Gasteiger partial charge on any atom is 0.269 e. The Bertz CT molecular complexity index is 1360. The topological polar surface area (TPSA) is 103 Å². The van der Waals surface area contributed by atoms with E-state index >= 15 is 0 Å². The summed E-state index contributed by atoms with van der Waals surface area (Å²) in [5.41, 5.74) is 2.93. The number of non-ortho nitro benzene ring substituents is 1. The lowest BCUT2D eigenvalue weighted by atomic mass is 9.84. The number of nitrogens with zero attached hydrogens (tertiary/aromatic N) is 4. The van der Waals surface area contributed by atoms with Crippen LogP contribution in [0, 0.1) is 16.0 Å². The Labute approximate surface area is 219 Å². The summed E-state index contributed by atoms with van der Waals surface area (Å²) < 4.78 is 1.91. The highest BCUT2D eigenvalue weighted by Gasteiger charge is 2.30. The summed E-state index contributed by atoms with van der Waals surface area (Å²) in [5.74, 6) is 1.34. The lowest BCUT2D eigenvalue weighted by molar-refractivity contribution is -0.384. The van der Waals surface area contributed by atoms with Crippen molar-refractivity contribution in [3.05, 3.63) is 112 Å². The largest absolute Gasteiger partial charge is 0.345 e. The Morgan fingerprint density at radius 3 is 2.22 bits per heavy atom. The molecule has 1 amide bonds. The number of carbonyl (C=O) groups is 1. The highest BCUT2D eigenvalue weighted by Crippen LogP contribution is 2.31. The van der Waals surface area contributed by atoms with Gasteiger partial charge < -0.3 is 5.32 Å². The van der Waals surface area contributed by atoms with Crippen LogP contribution in [0.5, 0.6) is 0 Å². The standard InChI is InChI=1S/C28H27N5O3S/c34-27(22-12-7-13-22)29-25(18-20-8-3-1-4-9-20)26-30-31-28(37-19-21-10-5-2-6-11-21)32(26)23-14-16-24(17-15-23)33(35)36/h1-6,8-11,14-17,22,25H,7,12-13,18-19H2,(H,29,34). The minimum atomic E-state index is -0.418. The monoisotopic (exact) mass is 513 g/mol. The van der Waals surface area contributed by atoms with Crippen LogP contribution >= 0.6 is 11.8 Å². The van der Waals surface area contributed by atoms with Gasteiger partial charge >= 0.3 is 0 Å². The molecule has 1 saturated carbocycles. The van der Waals surface area contributed by atoms with Crippen molar-refractivity contribution in [3.63, 3.8) is 0 Å². The van der Waals surface area contributed by atoms with E-state index in [-0.39, 0.29) is 17.5 Å². The molecule has 1 aromatic heterocycles. The van der Waals surface area contributed by atoms with Crippen LogP contribution in [0.4, 0.5) is 5.69 Å². The van der Waals surface area contributed by atoms with E-state index in [0.717, 1.165) is 30.4 Å². The van der Waals surface area contributed by atoms with Gasteiger partial charge in [0.05, 0.1) is 11.0 Å². The van der Waals surface area contributed by atoms with Gasteiger partial charge in [-0.25, -0.2) is 0 Å². The zero-order valence-corrected chi connectivity index (χ0v) is 21.0. The summed E-state index contributed by atoms with van der Waals surface area (Å²) in [6, 6.07) is 26.0. The minimum absolute atomic E-state index is 0.0102. The fourth-order valence-electron chi connectivity index (χ4n) is 4.31. The predicted molar refractivity (Wildman–Crippen MR) is 142 cm³/mol. The molecule has 5 rings (SSSR count). The fourth-order valence-corrected chi connectivity index (χ4v) is 5.22. The summed E-state index contributed by atoms with van der Waals surface area (Å²) in [7, 11) is 0. The van der Waals surface area contributed by atoms with E-state index < -0.39 is 11.0 Å². The number of amides is 1. The third-order valence-electron chi connectivity index (χ3n) is 6.57. The molecule has 1 aliphatic carbocycles. The van der Waals surface area contributed by atoms with E-state index in [1.807, 2.05) is 53.1 Å². The number of aromatic nitrogens is 3. The van der Waals surface area contributed by atoms with Crippen LogP contribution < -0.4 is 5.32 Å². The zero-order chi connectivity index (χ0) is 25.6. The average molecular weight is 514 g/mol. The van der Waals surface area contributed by atoms with Gasteiger partial charge in [-0.05, 0) is 42.5 Å². The SMILES string of the molecule is O=C(NC(Cc1ccccc1)c1nnc(SCc2ccccc2)n1-c1ccc([N+](=O)[O-])cc1)C1CCC1. The van der Waals surface area contributed by atoms with E-state index in [1.54, 1.807) is 12.1 Å². The van der Waals surface area contributed by atoms with Crippen molar-refractivity contribution >= 4 is 23.4 Å². The molecule has 1 fully saturated rings. The van der Waals surface area contributed by atoms with Gasteiger partial charge in [0.1, 0.15) is 0 Å². The Balaban J connectivity index is 1.52. The number of thioether (sulfide) groups is 1. The van der Waals surface area contributed by atoms with Gasteiger partial charge in [0.25, 0.3) is 5.69 Å². The number of rotatable bonds is 10. The molecule has 4 aromatic rings. The van der Waals surface area contributed by atoms with Gasteiger partial charge in [-0.3, -0.25) is 19.5 Å². The summed E-state index contributed by atoms with van der Waals surface area (Å²) >= 11 is 1.53. The molecule has 8 nitrogen and oxygen atoms in total. The smallest absolute Gasteiger partial charge is 0.269 e. The first-order valence-electron chi connectivity index (χ1n) is 12.3. The molecule has 3 aromatic carbocycles. The number of nitro groups is 1. The van der Waals surface area contributed by atoms with Crippen LogP contribution in [0.25, 0.3) is 5.69 Å². The van der Waals surface area contributed by atoms with Crippen LogP contribution in [0.2, 0.25) is 0 Å². The number of hydrogen-bond donors (Lipinski definition) is 1. The third-order valence-corrected chi connectivity index (χ3v) is 7.57. The highest BCUT2D eigenvalue weighted by molar-refractivity contribution is 7.98. The molecular weight excluding hydrogens is 486 g/mol. The average Bonchev–Trinajstić information content (AvgIpc) is 3.31. The lowest BCUT2D eigenvalue weighted by Gasteiger charge is -2.27. The predicted octanol–water partition coefficient (Wildman–Crippen LogP) is 5.67.